The topological polar surface area (TPSA) is 84.8 Å². The first-order chi connectivity index (χ1) is 15.3. The van der Waals surface area contributed by atoms with Crippen LogP contribution in [0.5, 0.6) is 0 Å². The van der Waals surface area contributed by atoms with E-state index in [-0.39, 0.29) is 22.9 Å². The predicted molar refractivity (Wildman–Crippen MR) is 128 cm³/mol. The van der Waals surface area contributed by atoms with Gasteiger partial charge in [-0.15, -0.1) is 0 Å². The summed E-state index contributed by atoms with van der Waals surface area (Å²) in [7, 11) is 0. The van der Waals surface area contributed by atoms with Crippen LogP contribution in [0.15, 0.2) is 58.5 Å². The van der Waals surface area contributed by atoms with E-state index in [0.29, 0.717) is 49.3 Å². The number of thioether (sulfide) groups is 1. The van der Waals surface area contributed by atoms with Crippen molar-refractivity contribution >= 4 is 45.8 Å². The largest absolute Gasteiger partial charge is 0.355 e. The molecule has 162 valence electrons. The molecule has 0 spiro atoms. The minimum Gasteiger partial charge on any atom is -0.355 e. The highest BCUT2D eigenvalue weighted by Gasteiger charge is 2.21. The second-order valence-electron chi connectivity index (χ2n) is 7.42. The number of ketones is 2. The first-order valence-corrected chi connectivity index (χ1v) is 11.3. The lowest BCUT2D eigenvalue weighted by molar-refractivity contribution is 0.101. The Hall–Kier alpha value is -3.16. The number of carbonyl (C=O) groups excluding carboxylic acids is 2. The highest BCUT2D eigenvalue weighted by Crippen LogP contribution is 2.25. The average molecular weight is 466 g/mol. The molecular formula is C24H20ClN3O3S. The van der Waals surface area contributed by atoms with Crippen molar-refractivity contribution in [1.29, 1.82) is 0 Å². The summed E-state index contributed by atoms with van der Waals surface area (Å²) in [6.07, 6.45) is 0. The van der Waals surface area contributed by atoms with E-state index in [4.69, 9.17) is 11.6 Å². The predicted octanol–water partition coefficient (Wildman–Crippen LogP) is 5.16. The summed E-state index contributed by atoms with van der Waals surface area (Å²) >= 11 is 7.19. The summed E-state index contributed by atoms with van der Waals surface area (Å²) in [6.45, 7) is 5.02. The standard InChI is InChI=1S/C24H20ClN3O3S/c1-13-21(15(3)29)14(2)26-22(13)20(30)12-32-24-27-19-7-5-4-6-18(19)23(31)28(24)17-10-8-16(25)9-11-17/h4-11,26H,12H2,1-3H3. The van der Waals surface area contributed by atoms with Crippen LogP contribution < -0.4 is 5.56 Å². The van der Waals surface area contributed by atoms with E-state index in [2.05, 4.69) is 9.97 Å². The Balaban J connectivity index is 1.74. The van der Waals surface area contributed by atoms with Gasteiger partial charge in [0.1, 0.15) is 0 Å². The molecule has 0 aliphatic rings. The summed E-state index contributed by atoms with van der Waals surface area (Å²) in [5.41, 5.74) is 3.20. The van der Waals surface area contributed by atoms with Gasteiger partial charge < -0.3 is 4.98 Å². The molecule has 0 saturated carbocycles. The first-order valence-electron chi connectivity index (χ1n) is 9.91. The van der Waals surface area contributed by atoms with E-state index in [0.717, 1.165) is 0 Å². The lowest BCUT2D eigenvalue weighted by Crippen LogP contribution is -2.22. The van der Waals surface area contributed by atoms with Gasteiger partial charge in [0, 0.05) is 16.3 Å². The molecule has 2 aromatic heterocycles. The van der Waals surface area contributed by atoms with Gasteiger partial charge >= 0.3 is 0 Å². The summed E-state index contributed by atoms with van der Waals surface area (Å²) in [5, 5.41) is 1.44. The van der Waals surface area contributed by atoms with Crippen LogP contribution in [0.1, 0.15) is 39.0 Å². The van der Waals surface area contributed by atoms with Gasteiger partial charge in [-0.2, -0.15) is 0 Å². The van der Waals surface area contributed by atoms with E-state index >= 15 is 0 Å². The van der Waals surface area contributed by atoms with Crippen molar-refractivity contribution in [3.63, 3.8) is 0 Å². The quantitative estimate of drug-likeness (QED) is 0.241. The molecule has 2 aromatic carbocycles. The number of aromatic amines is 1. The number of nitrogens with zero attached hydrogens (tertiary/aromatic N) is 2. The van der Waals surface area contributed by atoms with Gasteiger partial charge in [0.2, 0.25) is 0 Å². The van der Waals surface area contributed by atoms with Gasteiger partial charge in [-0.1, -0.05) is 35.5 Å². The van der Waals surface area contributed by atoms with Crippen molar-refractivity contribution in [2.24, 2.45) is 0 Å². The third-order valence-electron chi connectivity index (χ3n) is 5.23. The molecule has 4 aromatic rings. The van der Waals surface area contributed by atoms with E-state index in [1.807, 2.05) is 6.07 Å². The monoisotopic (exact) mass is 465 g/mol. The van der Waals surface area contributed by atoms with E-state index < -0.39 is 0 Å². The molecule has 0 fully saturated rings. The van der Waals surface area contributed by atoms with Gasteiger partial charge in [0.15, 0.2) is 16.7 Å². The fraction of sp³-hybridized carbons (Fsp3) is 0.167. The second-order valence-corrected chi connectivity index (χ2v) is 8.80. The number of H-pyrrole nitrogens is 1. The molecule has 0 amide bonds. The van der Waals surface area contributed by atoms with Crippen LogP contribution >= 0.6 is 23.4 Å². The van der Waals surface area contributed by atoms with E-state index in [1.165, 1.54) is 23.3 Å². The Labute approximate surface area is 193 Å². The maximum Gasteiger partial charge on any atom is 0.266 e. The zero-order chi connectivity index (χ0) is 23.0. The Morgan fingerprint density at radius 3 is 2.44 bits per heavy atom. The second kappa shape index (κ2) is 8.76. The number of halogens is 1. The lowest BCUT2D eigenvalue weighted by atomic mass is 10.1. The average Bonchev–Trinajstić information content (AvgIpc) is 3.07. The molecule has 0 aliphatic carbocycles. The van der Waals surface area contributed by atoms with Crippen LogP contribution in [0.4, 0.5) is 0 Å². The summed E-state index contributed by atoms with van der Waals surface area (Å²) in [6, 6.07) is 14.0. The molecule has 6 nitrogen and oxygen atoms in total. The fourth-order valence-corrected chi connectivity index (χ4v) is 4.80. The molecule has 0 atom stereocenters. The SMILES string of the molecule is CC(=O)c1c(C)[nH]c(C(=O)CSc2nc3ccccc3c(=O)n2-c2ccc(Cl)cc2)c1C. The minimum absolute atomic E-state index is 0.0521. The number of aryl methyl sites for hydroxylation is 1. The van der Waals surface area contributed by atoms with Crippen LogP contribution in [-0.2, 0) is 0 Å². The summed E-state index contributed by atoms with van der Waals surface area (Å²) in [4.78, 5) is 45.8. The number of aromatic nitrogens is 3. The number of fused-ring (bicyclic) bond motifs is 1. The zero-order valence-corrected chi connectivity index (χ0v) is 19.3. The molecular weight excluding hydrogens is 446 g/mol. The van der Waals surface area contributed by atoms with E-state index in [9.17, 15) is 14.4 Å². The lowest BCUT2D eigenvalue weighted by Gasteiger charge is -2.13. The highest BCUT2D eigenvalue weighted by atomic mass is 35.5. The maximum atomic E-state index is 13.3. The Kier molecular flexibility index (Phi) is 6.04. The number of hydrogen-bond donors (Lipinski definition) is 1. The zero-order valence-electron chi connectivity index (χ0n) is 17.7. The Bertz CT molecular complexity index is 1420. The number of para-hydroxylation sites is 1. The first kappa shape index (κ1) is 22.0. The van der Waals surface area contributed by atoms with Gasteiger partial charge in [0.25, 0.3) is 5.56 Å². The fourth-order valence-electron chi connectivity index (χ4n) is 3.79. The number of benzene rings is 2. The normalized spacial score (nSPS) is 11.1. The molecule has 0 saturated heterocycles. The Morgan fingerprint density at radius 2 is 1.78 bits per heavy atom. The molecule has 8 heteroatoms. The highest BCUT2D eigenvalue weighted by molar-refractivity contribution is 7.99. The van der Waals surface area contributed by atoms with Gasteiger partial charge in [-0.3, -0.25) is 19.0 Å². The molecule has 32 heavy (non-hydrogen) atoms. The number of hydrogen-bond acceptors (Lipinski definition) is 5. The van der Waals surface area contributed by atoms with E-state index in [1.54, 1.807) is 56.3 Å². The van der Waals surface area contributed by atoms with Crippen molar-refractivity contribution in [1.82, 2.24) is 14.5 Å². The van der Waals surface area contributed by atoms with Gasteiger partial charge in [-0.25, -0.2) is 4.98 Å². The molecule has 0 aliphatic heterocycles. The number of nitrogens with one attached hydrogen (secondary N) is 1. The van der Waals surface area contributed by atoms with Crippen LogP contribution in [-0.4, -0.2) is 31.9 Å². The van der Waals surface area contributed by atoms with Crippen molar-refractivity contribution in [3.8, 4) is 5.69 Å². The summed E-state index contributed by atoms with van der Waals surface area (Å²) < 4.78 is 1.49. The minimum atomic E-state index is -0.223. The maximum absolute atomic E-state index is 13.3. The molecule has 4 rings (SSSR count). The van der Waals surface area contributed by atoms with Crippen LogP contribution in [0, 0.1) is 13.8 Å². The third-order valence-corrected chi connectivity index (χ3v) is 6.42. The number of Topliss-reactive ketones (excluding diaryl/α,β-unsaturated/α-hetero) is 2. The molecule has 0 unspecified atom stereocenters. The molecule has 0 bridgehead atoms. The van der Waals surface area contributed by atoms with Crippen molar-refractivity contribution in [3.05, 3.63) is 86.4 Å². The smallest absolute Gasteiger partial charge is 0.266 e. The van der Waals surface area contributed by atoms with Crippen LogP contribution in [0.2, 0.25) is 5.02 Å². The van der Waals surface area contributed by atoms with Crippen LogP contribution in [0.25, 0.3) is 16.6 Å². The molecule has 1 N–H and O–H groups in total. The number of carbonyl (C=O) groups is 2. The van der Waals surface area contributed by atoms with Gasteiger partial charge in [0.05, 0.1) is 28.0 Å². The molecule has 2 heterocycles. The van der Waals surface area contributed by atoms with Crippen LogP contribution in [0.3, 0.4) is 0 Å². The molecule has 0 radical (unpaired) electrons. The number of rotatable bonds is 6. The third kappa shape index (κ3) is 4.01. The van der Waals surface area contributed by atoms with Crippen molar-refractivity contribution in [2.75, 3.05) is 5.75 Å². The van der Waals surface area contributed by atoms with Crippen molar-refractivity contribution in [2.45, 2.75) is 25.9 Å². The summed E-state index contributed by atoms with van der Waals surface area (Å²) in [5.74, 6) is -0.208. The van der Waals surface area contributed by atoms with Crippen molar-refractivity contribution < 1.29 is 9.59 Å². The Morgan fingerprint density at radius 1 is 1.09 bits per heavy atom. The van der Waals surface area contributed by atoms with Gasteiger partial charge in [-0.05, 0) is 62.7 Å².